The van der Waals surface area contributed by atoms with Crippen LogP contribution in [0.1, 0.15) is 48.2 Å². The molecule has 0 bridgehead atoms. The zero-order valence-electron chi connectivity index (χ0n) is 18.9. The predicted octanol–water partition coefficient (Wildman–Crippen LogP) is 5.31. The molecule has 168 valence electrons. The van der Waals surface area contributed by atoms with E-state index in [0.717, 1.165) is 47.4 Å². The molecule has 1 aliphatic heterocycles. The molecule has 1 aliphatic rings. The summed E-state index contributed by atoms with van der Waals surface area (Å²) in [4.78, 5) is 25.0. The van der Waals surface area contributed by atoms with Gasteiger partial charge < -0.3 is 20.9 Å². The fraction of sp³-hybridized carbons (Fsp3) is 0.269. The SMILES string of the molecule is CC1(C)CCCNc2cc(NC(=O)c3cccnc3NCc3ccnc4[nH]ccc34)ccc21. The van der Waals surface area contributed by atoms with Gasteiger partial charge in [-0.15, -0.1) is 0 Å². The van der Waals surface area contributed by atoms with E-state index in [2.05, 4.69) is 50.8 Å². The summed E-state index contributed by atoms with van der Waals surface area (Å²) in [6.07, 6.45) is 7.59. The Bertz CT molecular complexity index is 1310. The van der Waals surface area contributed by atoms with E-state index in [0.29, 0.717) is 17.9 Å². The molecule has 0 saturated heterocycles. The van der Waals surface area contributed by atoms with Gasteiger partial charge >= 0.3 is 0 Å². The van der Waals surface area contributed by atoms with Crippen LogP contribution in [0.25, 0.3) is 11.0 Å². The molecule has 7 nitrogen and oxygen atoms in total. The van der Waals surface area contributed by atoms with Crippen molar-refractivity contribution in [2.75, 3.05) is 22.5 Å². The maximum Gasteiger partial charge on any atom is 0.259 e. The molecule has 0 radical (unpaired) electrons. The van der Waals surface area contributed by atoms with E-state index in [1.54, 1.807) is 24.5 Å². The van der Waals surface area contributed by atoms with Gasteiger partial charge in [0.2, 0.25) is 0 Å². The first kappa shape index (κ1) is 21.0. The van der Waals surface area contributed by atoms with Gasteiger partial charge in [0.1, 0.15) is 11.5 Å². The summed E-state index contributed by atoms with van der Waals surface area (Å²) in [5, 5.41) is 10.9. The Hall–Kier alpha value is -3.87. The lowest BCUT2D eigenvalue weighted by Gasteiger charge is -2.25. The normalized spacial score (nSPS) is 14.7. The van der Waals surface area contributed by atoms with E-state index in [1.165, 1.54) is 5.56 Å². The summed E-state index contributed by atoms with van der Waals surface area (Å²) < 4.78 is 0. The number of rotatable bonds is 5. The van der Waals surface area contributed by atoms with Gasteiger partial charge in [-0.05, 0) is 65.8 Å². The van der Waals surface area contributed by atoms with Gasteiger partial charge in [-0.1, -0.05) is 19.9 Å². The third-order valence-electron chi connectivity index (χ3n) is 6.35. The Morgan fingerprint density at radius 1 is 1.12 bits per heavy atom. The summed E-state index contributed by atoms with van der Waals surface area (Å²) >= 11 is 0. The van der Waals surface area contributed by atoms with Crippen molar-refractivity contribution < 1.29 is 4.79 Å². The van der Waals surface area contributed by atoms with Crippen LogP contribution in [0.15, 0.2) is 61.1 Å². The second-order valence-electron chi connectivity index (χ2n) is 9.09. The van der Waals surface area contributed by atoms with Crippen molar-refractivity contribution in [1.82, 2.24) is 15.0 Å². The first-order valence-corrected chi connectivity index (χ1v) is 11.3. The minimum absolute atomic E-state index is 0.111. The Labute approximate surface area is 193 Å². The van der Waals surface area contributed by atoms with Crippen molar-refractivity contribution in [1.29, 1.82) is 0 Å². The molecule has 5 rings (SSSR count). The van der Waals surface area contributed by atoms with E-state index in [1.807, 2.05) is 30.5 Å². The van der Waals surface area contributed by atoms with Crippen molar-refractivity contribution in [3.63, 3.8) is 0 Å². The van der Waals surface area contributed by atoms with Crippen molar-refractivity contribution in [2.24, 2.45) is 0 Å². The quantitative estimate of drug-likeness (QED) is 0.338. The Morgan fingerprint density at radius 3 is 2.94 bits per heavy atom. The third-order valence-corrected chi connectivity index (χ3v) is 6.35. The number of anilines is 3. The lowest BCUT2D eigenvalue weighted by atomic mass is 9.80. The molecule has 0 spiro atoms. The molecule has 1 aromatic carbocycles. The predicted molar refractivity (Wildman–Crippen MR) is 133 cm³/mol. The van der Waals surface area contributed by atoms with E-state index >= 15 is 0 Å². The van der Waals surface area contributed by atoms with Crippen molar-refractivity contribution in [2.45, 2.75) is 38.6 Å². The molecule has 0 fully saturated rings. The molecule has 3 aromatic heterocycles. The van der Waals surface area contributed by atoms with Crippen molar-refractivity contribution in [3.8, 4) is 0 Å². The van der Waals surface area contributed by atoms with Crippen LogP contribution in [0.4, 0.5) is 17.2 Å². The van der Waals surface area contributed by atoms with Crippen LogP contribution in [0.2, 0.25) is 0 Å². The Morgan fingerprint density at radius 2 is 2.03 bits per heavy atom. The average molecular weight is 441 g/mol. The largest absolute Gasteiger partial charge is 0.385 e. The van der Waals surface area contributed by atoms with Crippen LogP contribution >= 0.6 is 0 Å². The number of aromatic amines is 1. The summed E-state index contributed by atoms with van der Waals surface area (Å²) in [5.41, 5.74) is 5.68. The van der Waals surface area contributed by atoms with Gasteiger partial charge in [0.05, 0.1) is 5.56 Å². The standard InChI is InChI=1S/C26H28N6O/c1-26(2)10-4-12-27-22-15-18(6-7-21(22)26)32-25(33)20-5-3-11-28-24(20)31-16-17-8-13-29-23-19(17)9-14-30-23/h3,5-9,11,13-15,27H,4,10,12,16H2,1-2H3,(H,28,31)(H,29,30)(H,32,33). The Balaban J connectivity index is 1.35. The fourth-order valence-corrected chi connectivity index (χ4v) is 4.53. The molecule has 0 atom stereocenters. The highest BCUT2D eigenvalue weighted by atomic mass is 16.1. The van der Waals surface area contributed by atoms with Crippen LogP contribution < -0.4 is 16.0 Å². The highest BCUT2D eigenvalue weighted by molar-refractivity contribution is 6.07. The molecule has 4 N–H and O–H groups in total. The van der Waals surface area contributed by atoms with Gasteiger partial charge in [0.15, 0.2) is 0 Å². The summed E-state index contributed by atoms with van der Waals surface area (Å²) in [7, 11) is 0. The van der Waals surface area contributed by atoms with E-state index in [-0.39, 0.29) is 11.3 Å². The molecular formula is C26H28N6O. The number of carbonyl (C=O) groups excluding carboxylic acids is 1. The zero-order valence-corrected chi connectivity index (χ0v) is 18.9. The van der Waals surface area contributed by atoms with Crippen LogP contribution in [-0.2, 0) is 12.0 Å². The number of nitrogens with one attached hydrogen (secondary N) is 4. The van der Waals surface area contributed by atoms with E-state index in [4.69, 9.17) is 0 Å². The molecule has 1 amide bonds. The number of benzene rings is 1. The van der Waals surface area contributed by atoms with Crippen molar-refractivity contribution >= 4 is 34.1 Å². The fourth-order valence-electron chi connectivity index (χ4n) is 4.53. The highest BCUT2D eigenvalue weighted by Crippen LogP contribution is 2.37. The number of carbonyl (C=O) groups is 1. The first-order valence-electron chi connectivity index (χ1n) is 11.3. The lowest BCUT2D eigenvalue weighted by molar-refractivity contribution is 0.102. The van der Waals surface area contributed by atoms with Gasteiger partial charge in [0.25, 0.3) is 5.91 Å². The molecule has 4 aromatic rings. The second-order valence-corrected chi connectivity index (χ2v) is 9.09. The third kappa shape index (κ3) is 4.26. The van der Waals surface area contributed by atoms with Gasteiger partial charge in [-0.25, -0.2) is 9.97 Å². The number of nitrogens with zero attached hydrogens (tertiary/aromatic N) is 2. The molecule has 33 heavy (non-hydrogen) atoms. The number of hydrogen-bond acceptors (Lipinski definition) is 5. The molecular weight excluding hydrogens is 412 g/mol. The first-order chi connectivity index (χ1) is 16.0. The molecule has 7 heteroatoms. The zero-order chi connectivity index (χ0) is 22.8. The number of hydrogen-bond donors (Lipinski definition) is 4. The number of aromatic nitrogens is 3. The monoisotopic (exact) mass is 440 g/mol. The smallest absolute Gasteiger partial charge is 0.259 e. The minimum atomic E-state index is -0.194. The Kier molecular flexibility index (Phi) is 5.46. The molecule has 0 aliphatic carbocycles. The summed E-state index contributed by atoms with van der Waals surface area (Å²) in [5.74, 6) is 0.351. The summed E-state index contributed by atoms with van der Waals surface area (Å²) in [6.45, 7) is 6.02. The molecule has 4 heterocycles. The van der Waals surface area contributed by atoms with Gasteiger partial charge in [-0.2, -0.15) is 0 Å². The minimum Gasteiger partial charge on any atom is -0.385 e. The van der Waals surface area contributed by atoms with Crippen LogP contribution in [0.3, 0.4) is 0 Å². The number of amides is 1. The average Bonchev–Trinajstić information content (AvgIpc) is 3.24. The van der Waals surface area contributed by atoms with Gasteiger partial charge in [0, 0.05) is 48.4 Å². The van der Waals surface area contributed by atoms with Crippen LogP contribution in [0.5, 0.6) is 0 Å². The topological polar surface area (TPSA) is 94.7 Å². The summed E-state index contributed by atoms with van der Waals surface area (Å²) in [6, 6.07) is 13.7. The molecule has 0 saturated carbocycles. The van der Waals surface area contributed by atoms with E-state index in [9.17, 15) is 4.79 Å². The van der Waals surface area contributed by atoms with Crippen molar-refractivity contribution in [3.05, 3.63) is 77.7 Å². The number of fused-ring (bicyclic) bond motifs is 2. The highest BCUT2D eigenvalue weighted by Gasteiger charge is 2.26. The van der Waals surface area contributed by atoms with Crippen LogP contribution in [0, 0.1) is 0 Å². The van der Waals surface area contributed by atoms with Crippen LogP contribution in [-0.4, -0.2) is 27.4 Å². The lowest BCUT2D eigenvalue weighted by Crippen LogP contribution is -2.18. The molecule has 0 unspecified atom stereocenters. The van der Waals surface area contributed by atoms with Gasteiger partial charge in [-0.3, -0.25) is 4.79 Å². The maximum absolute atomic E-state index is 13.2. The second kappa shape index (κ2) is 8.58. The maximum atomic E-state index is 13.2. The number of H-pyrrole nitrogens is 1. The van der Waals surface area contributed by atoms with E-state index < -0.39 is 0 Å². The number of pyridine rings is 2.